The molecule has 0 bridgehead atoms. The number of carbonyl (C=O) groups is 1. The lowest BCUT2D eigenvalue weighted by Crippen LogP contribution is -2.34. The Morgan fingerprint density at radius 2 is 1.81 bits per heavy atom. The van der Waals surface area contributed by atoms with Gasteiger partial charge in [-0.15, -0.1) is 0 Å². The van der Waals surface area contributed by atoms with Crippen molar-refractivity contribution < 1.29 is 18.7 Å². The summed E-state index contributed by atoms with van der Waals surface area (Å²) in [7, 11) is 0. The van der Waals surface area contributed by atoms with Crippen LogP contribution in [0.1, 0.15) is 61.5 Å². The molecule has 0 unspecified atom stereocenters. The number of anilines is 1. The zero-order valence-corrected chi connectivity index (χ0v) is 17.5. The van der Waals surface area contributed by atoms with E-state index in [-0.39, 0.29) is 17.6 Å². The van der Waals surface area contributed by atoms with Crippen molar-refractivity contribution in [1.82, 2.24) is 9.78 Å². The van der Waals surface area contributed by atoms with Gasteiger partial charge in [0.05, 0.1) is 23.1 Å². The molecule has 0 saturated heterocycles. The first kappa shape index (κ1) is 19.6. The summed E-state index contributed by atoms with van der Waals surface area (Å²) in [6.07, 6.45) is 5.49. The van der Waals surface area contributed by atoms with Gasteiger partial charge in [-0.2, -0.15) is 5.10 Å². The molecule has 2 aliphatic rings. The fourth-order valence-corrected chi connectivity index (χ4v) is 4.36. The molecule has 1 fully saturated rings. The lowest BCUT2D eigenvalue weighted by atomic mass is 10.0. The Labute approximate surface area is 180 Å². The lowest BCUT2D eigenvalue weighted by molar-refractivity contribution is -0.0716. The van der Waals surface area contributed by atoms with Crippen LogP contribution >= 0.6 is 0 Å². The monoisotopic (exact) mass is 421 g/mol. The number of hydrogen-bond acceptors (Lipinski definition) is 4. The van der Waals surface area contributed by atoms with Gasteiger partial charge in [-0.1, -0.05) is 13.8 Å². The van der Waals surface area contributed by atoms with Crippen LogP contribution in [-0.2, 0) is 0 Å². The van der Waals surface area contributed by atoms with Crippen molar-refractivity contribution in [3.05, 3.63) is 65.7 Å². The maximum atomic E-state index is 13.3. The molecule has 1 amide bonds. The molecule has 1 saturated carbocycles. The van der Waals surface area contributed by atoms with Crippen molar-refractivity contribution in [3.8, 4) is 17.2 Å². The number of fused-ring (bicyclic) bond motifs is 1. The van der Waals surface area contributed by atoms with Gasteiger partial charge >= 0.3 is 0 Å². The predicted molar refractivity (Wildman–Crippen MR) is 114 cm³/mol. The number of benzene rings is 2. The average Bonchev–Trinajstić information content (AvgIpc) is 3.46. The molecule has 2 aromatic carbocycles. The minimum atomic E-state index is -0.536. The van der Waals surface area contributed by atoms with Gasteiger partial charge in [0.15, 0.2) is 11.5 Å². The van der Waals surface area contributed by atoms with E-state index in [4.69, 9.17) is 9.47 Å². The fraction of sp³-hybridized carbons (Fsp3) is 0.333. The van der Waals surface area contributed by atoms with Crippen LogP contribution in [0, 0.1) is 5.82 Å². The summed E-state index contributed by atoms with van der Waals surface area (Å²) in [5, 5.41) is 7.34. The molecule has 7 heteroatoms. The normalized spacial score (nSPS) is 16.3. The molecule has 1 aliphatic heterocycles. The van der Waals surface area contributed by atoms with Gasteiger partial charge in [0, 0.05) is 24.6 Å². The largest absolute Gasteiger partial charge is 0.448 e. The standard InChI is InChI=1S/C24H24FN3O3/c1-15(2)22-19(14-26-28(22)18-8-5-16(25)6-9-18)23(29)27-17-7-10-20-21(13-17)31-24(30-20)11-3-4-12-24/h5-10,13-15H,3-4,11-12H2,1-2H3,(H,27,29). The van der Waals surface area contributed by atoms with Crippen LogP contribution in [0.15, 0.2) is 48.7 Å². The maximum absolute atomic E-state index is 13.3. The molecule has 5 rings (SSSR count). The molecule has 1 N–H and O–H groups in total. The minimum absolute atomic E-state index is 0.0345. The predicted octanol–water partition coefficient (Wildman–Crippen LogP) is 5.43. The number of ether oxygens (including phenoxy) is 2. The second-order valence-corrected chi connectivity index (χ2v) is 8.42. The summed E-state index contributed by atoms with van der Waals surface area (Å²) in [5.74, 6) is 0.296. The molecule has 31 heavy (non-hydrogen) atoms. The van der Waals surface area contributed by atoms with Gasteiger partial charge in [-0.3, -0.25) is 4.79 Å². The molecule has 160 valence electrons. The van der Waals surface area contributed by atoms with Crippen molar-refractivity contribution in [2.24, 2.45) is 0 Å². The van der Waals surface area contributed by atoms with Gasteiger partial charge in [0.25, 0.3) is 11.7 Å². The first-order valence-electron chi connectivity index (χ1n) is 10.6. The first-order chi connectivity index (χ1) is 14.9. The van der Waals surface area contributed by atoms with Crippen LogP contribution in [-0.4, -0.2) is 21.5 Å². The molecule has 3 aromatic rings. The van der Waals surface area contributed by atoms with Crippen molar-refractivity contribution in [1.29, 1.82) is 0 Å². The van der Waals surface area contributed by atoms with Crippen molar-refractivity contribution in [2.75, 3.05) is 5.32 Å². The molecule has 1 aliphatic carbocycles. The van der Waals surface area contributed by atoms with Gasteiger partial charge in [0.2, 0.25) is 0 Å². The Kier molecular flexibility index (Phi) is 4.68. The number of nitrogens with zero attached hydrogens (tertiary/aromatic N) is 2. The van der Waals surface area contributed by atoms with Crippen molar-refractivity contribution in [2.45, 2.75) is 51.2 Å². The Bertz CT molecular complexity index is 1130. The fourth-order valence-electron chi connectivity index (χ4n) is 4.36. The van der Waals surface area contributed by atoms with E-state index in [2.05, 4.69) is 10.4 Å². The highest BCUT2D eigenvalue weighted by molar-refractivity contribution is 6.05. The number of amides is 1. The third-order valence-corrected chi connectivity index (χ3v) is 5.83. The highest BCUT2D eigenvalue weighted by Gasteiger charge is 2.44. The molecule has 1 aromatic heterocycles. The van der Waals surface area contributed by atoms with Crippen LogP contribution in [0.3, 0.4) is 0 Å². The maximum Gasteiger partial charge on any atom is 0.259 e. The Balaban J connectivity index is 1.40. The van der Waals surface area contributed by atoms with E-state index >= 15 is 0 Å². The van der Waals surface area contributed by atoms with Gasteiger partial charge < -0.3 is 14.8 Å². The van der Waals surface area contributed by atoms with Crippen LogP contribution < -0.4 is 14.8 Å². The molecule has 2 heterocycles. The molecular weight excluding hydrogens is 397 g/mol. The van der Waals surface area contributed by atoms with Crippen LogP contribution in [0.4, 0.5) is 10.1 Å². The molecule has 6 nitrogen and oxygen atoms in total. The third-order valence-electron chi connectivity index (χ3n) is 5.83. The van der Waals surface area contributed by atoms with Crippen molar-refractivity contribution in [3.63, 3.8) is 0 Å². The highest BCUT2D eigenvalue weighted by Crippen LogP contribution is 2.47. The van der Waals surface area contributed by atoms with E-state index < -0.39 is 5.79 Å². The molecule has 0 atom stereocenters. The van der Waals surface area contributed by atoms with Crippen molar-refractivity contribution >= 4 is 11.6 Å². The summed E-state index contributed by atoms with van der Waals surface area (Å²) in [4.78, 5) is 13.1. The Hall–Kier alpha value is -3.35. The van der Waals surface area contributed by atoms with Gasteiger partial charge in [-0.05, 0) is 55.2 Å². The molecule has 0 radical (unpaired) electrons. The topological polar surface area (TPSA) is 65.4 Å². The van der Waals surface area contributed by atoms with Crippen LogP contribution in [0.25, 0.3) is 5.69 Å². The minimum Gasteiger partial charge on any atom is -0.448 e. The molecule has 1 spiro atoms. The quantitative estimate of drug-likeness (QED) is 0.610. The van der Waals surface area contributed by atoms with E-state index in [0.717, 1.165) is 31.4 Å². The number of hydrogen-bond donors (Lipinski definition) is 1. The number of aromatic nitrogens is 2. The Morgan fingerprint density at radius 3 is 2.52 bits per heavy atom. The second kappa shape index (κ2) is 7.41. The van der Waals surface area contributed by atoms with Gasteiger partial charge in [0.1, 0.15) is 5.82 Å². The van der Waals surface area contributed by atoms with E-state index in [1.165, 1.54) is 12.1 Å². The number of rotatable bonds is 4. The Morgan fingerprint density at radius 1 is 1.10 bits per heavy atom. The third kappa shape index (κ3) is 3.54. The van der Waals surface area contributed by atoms with Crippen LogP contribution in [0.2, 0.25) is 0 Å². The lowest BCUT2D eigenvalue weighted by Gasteiger charge is -2.21. The van der Waals surface area contributed by atoms with Crippen LogP contribution in [0.5, 0.6) is 11.5 Å². The SMILES string of the molecule is CC(C)c1c(C(=O)Nc2ccc3c(c2)OC2(CCCC2)O3)cnn1-c1ccc(F)cc1. The first-order valence-corrected chi connectivity index (χ1v) is 10.6. The smallest absolute Gasteiger partial charge is 0.259 e. The summed E-state index contributed by atoms with van der Waals surface area (Å²) in [6.45, 7) is 3.99. The van der Waals surface area contributed by atoms with Gasteiger partial charge in [-0.25, -0.2) is 9.07 Å². The summed E-state index contributed by atoms with van der Waals surface area (Å²) >= 11 is 0. The number of nitrogens with one attached hydrogen (secondary N) is 1. The second-order valence-electron chi connectivity index (χ2n) is 8.42. The number of carbonyl (C=O) groups excluding carboxylic acids is 1. The van der Waals surface area contributed by atoms with E-state index in [9.17, 15) is 9.18 Å². The zero-order valence-electron chi connectivity index (χ0n) is 17.5. The number of halogens is 1. The summed E-state index contributed by atoms with van der Waals surface area (Å²) in [5.41, 5.74) is 2.57. The summed E-state index contributed by atoms with van der Waals surface area (Å²) in [6, 6.07) is 11.5. The van der Waals surface area contributed by atoms with E-state index in [1.807, 2.05) is 26.0 Å². The average molecular weight is 421 g/mol. The van der Waals surface area contributed by atoms with E-state index in [1.54, 1.807) is 29.1 Å². The summed E-state index contributed by atoms with van der Waals surface area (Å²) < 4.78 is 27.1. The molecular formula is C24H24FN3O3. The van der Waals surface area contributed by atoms with E-state index in [0.29, 0.717) is 28.4 Å². The zero-order chi connectivity index (χ0) is 21.6. The highest BCUT2D eigenvalue weighted by atomic mass is 19.1.